The molecular weight excluding hydrogens is 260 g/mol. The Kier molecular flexibility index (Phi) is 2.48. The molecule has 0 amide bonds. The topological polar surface area (TPSA) is 44.1 Å². The van der Waals surface area contributed by atoms with Gasteiger partial charge in [-0.2, -0.15) is 0 Å². The third kappa shape index (κ3) is 1.63. The fourth-order valence-electron chi connectivity index (χ4n) is 1.49. The molecule has 0 unspecified atom stereocenters. The van der Waals surface area contributed by atoms with Crippen LogP contribution >= 0.6 is 15.9 Å². The summed E-state index contributed by atoms with van der Waals surface area (Å²) in [6, 6.07) is 1.91. The zero-order valence-corrected chi connectivity index (χ0v) is 9.91. The molecule has 0 radical (unpaired) electrons. The highest BCUT2D eigenvalue weighted by Crippen LogP contribution is 2.22. The van der Waals surface area contributed by atoms with Gasteiger partial charge < -0.3 is 9.30 Å². The molecule has 0 saturated heterocycles. The third-order valence-electron chi connectivity index (χ3n) is 2.20. The van der Waals surface area contributed by atoms with Crippen molar-refractivity contribution in [2.75, 3.05) is 7.11 Å². The summed E-state index contributed by atoms with van der Waals surface area (Å²) >= 11 is 3.34. The summed E-state index contributed by atoms with van der Waals surface area (Å²) < 4.78 is 7.41. The molecule has 0 fully saturated rings. The van der Waals surface area contributed by atoms with Crippen LogP contribution in [0.4, 0.5) is 0 Å². The van der Waals surface area contributed by atoms with Crippen LogP contribution in [-0.2, 0) is 11.8 Å². The van der Waals surface area contributed by atoms with Gasteiger partial charge in [-0.15, -0.1) is 0 Å². The van der Waals surface area contributed by atoms with Crippen LogP contribution < -0.4 is 0 Å². The zero-order valence-electron chi connectivity index (χ0n) is 8.32. The van der Waals surface area contributed by atoms with Gasteiger partial charge in [0.15, 0.2) is 0 Å². The Morgan fingerprint density at radius 3 is 3.00 bits per heavy atom. The summed E-state index contributed by atoms with van der Waals surface area (Å²) in [5.41, 5.74) is 2.04. The molecule has 0 aromatic carbocycles. The number of aromatic nitrogens is 2. The summed E-state index contributed by atoms with van der Waals surface area (Å²) in [5.74, 6) is -0.365. The van der Waals surface area contributed by atoms with E-state index < -0.39 is 0 Å². The minimum Gasteiger partial charge on any atom is -0.465 e. The van der Waals surface area contributed by atoms with E-state index in [-0.39, 0.29) is 5.97 Å². The molecule has 0 atom stereocenters. The smallest absolute Gasteiger partial charge is 0.341 e. The first-order valence-electron chi connectivity index (χ1n) is 4.32. The Hall–Kier alpha value is -1.36. The van der Waals surface area contributed by atoms with Crippen molar-refractivity contribution in [2.45, 2.75) is 0 Å². The number of fused-ring (bicyclic) bond motifs is 1. The number of pyridine rings is 1. The molecule has 2 aromatic rings. The van der Waals surface area contributed by atoms with Gasteiger partial charge in [0.2, 0.25) is 0 Å². The number of aryl methyl sites for hydroxylation is 1. The van der Waals surface area contributed by atoms with Gasteiger partial charge in [-0.3, -0.25) is 4.98 Å². The van der Waals surface area contributed by atoms with E-state index in [0.29, 0.717) is 11.1 Å². The van der Waals surface area contributed by atoms with Gasteiger partial charge >= 0.3 is 5.97 Å². The molecule has 78 valence electrons. The number of carbonyl (C=O) groups is 1. The Labute approximate surface area is 95.0 Å². The first-order valence-corrected chi connectivity index (χ1v) is 5.11. The average Bonchev–Trinajstić information content (AvgIpc) is 2.55. The molecule has 0 aliphatic heterocycles. The standard InChI is InChI=1S/C10H9BrN2O2/c1-13-5-7(10(14)15-2)9-8(13)3-6(11)4-12-9/h3-5H,1-2H3. The number of hydrogen-bond donors (Lipinski definition) is 0. The predicted molar refractivity (Wildman–Crippen MR) is 59.8 cm³/mol. The number of rotatable bonds is 1. The lowest BCUT2D eigenvalue weighted by Gasteiger charge is -1.96. The molecule has 0 N–H and O–H groups in total. The van der Waals surface area contributed by atoms with Gasteiger partial charge in [0.25, 0.3) is 0 Å². The van der Waals surface area contributed by atoms with Crippen molar-refractivity contribution >= 4 is 32.9 Å². The molecule has 2 aromatic heterocycles. The minimum atomic E-state index is -0.365. The van der Waals surface area contributed by atoms with Crippen molar-refractivity contribution < 1.29 is 9.53 Å². The average molecular weight is 269 g/mol. The molecule has 0 saturated carbocycles. The molecule has 15 heavy (non-hydrogen) atoms. The van der Waals surface area contributed by atoms with E-state index in [0.717, 1.165) is 9.99 Å². The maximum Gasteiger partial charge on any atom is 0.341 e. The second-order valence-corrected chi connectivity index (χ2v) is 4.08. The van der Waals surface area contributed by atoms with Gasteiger partial charge in [-0.25, -0.2) is 4.79 Å². The van der Waals surface area contributed by atoms with Crippen molar-refractivity contribution in [3.8, 4) is 0 Å². The van der Waals surface area contributed by atoms with Gasteiger partial charge in [0.05, 0.1) is 12.6 Å². The van der Waals surface area contributed by atoms with Crippen LogP contribution in [0.5, 0.6) is 0 Å². The van der Waals surface area contributed by atoms with Crippen LogP contribution in [0.15, 0.2) is 22.9 Å². The number of hydrogen-bond acceptors (Lipinski definition) is 3. The van der Waals surface area contributed by atoms with Crippen molar-refractivity contribution in [3.63, 3.8) is 0 Å². The van der Waals surface area contributed by atoms with E-state index in [2.05, 4.69) is 25.7 Å². The van der Waals surface area contributed by atoms with Gasteiger partial charge in [-0.1, -0.05) is 0 Å². The van der Waals surface area contributed by atoms with E-state index in [9.17, 15) is 4.79 Å². The van der Waals surface area contributed by atoms with Gasteiger partial charge in [0.1, 0.15) is 11.1 Å². The van der Waals surface area contributed by atoms with Crippen LogP contribution in [0, 0.1) is 0 Å². The zero-order chi connectivity index (χ0) is 11.0. The minimum absolute atomic E-state index is 0.365. The highest BCUT2D eigenvalue weighted by molar-refractivity contribution is 9.10. The molecule has 4 nitrogen and oxygen atoms in total. The molecule has 0 aliphatic carbocycles. The Morgan fingerprint density at radius 1 is 1.60 bits per heavy atom. The Morgan fingerprint density at radius 2 is 2.33 bits per heavy atom. The molecule has 0 bridgehead atoms. The molecule has 0 spiro atoms. The maximum atomic E-state index is 11.4. The summed E-state index contributed by atoms with van der Waals surface area (Å²) in [7, 11) is 3.23. The SMILES string of the molecule is COC(=O)c1cn(C)c2cc(Br)cnc12. The summed E-state index contributed by atoms with van der Waals surface area (Å²) in [6.07, 6.45) is 3.38. The van der Waals surface area contributed by atoms with E-state index in [1.54, 1.807) is 12.4 Å². The van der Waals surface area contributed by atoms with Crippen molar-refractivity contribution in [3.05, 3.63) is 28.5 Å². The number of nitrogens with zero attached hydrogens (tertiary/aromatic N) is 2. The van der Waals surface area contributed by atoms with Gasteiger partial charge in [-0.05, 0) is 22.0 Å². The Balaban J connectivity index is 2.73. The van der Waals surface area contributed by atoms with Crippen molar-refractivity contribution in [2.24, 2.45) is 7.05 Å². The summed E-state index contributed by atoms with van der Waals surface area (Å²) in [4.78, 5) is 15.6. The molecule has 0 aliphatic rings. The van der Waals surface area contributed by atoms with Crippen LogP contribution in [0.3, 0.4) is 0 Å². The lowest BCUT2D eigenvalue weighted by atomic mass is 10.3. The van der Waals surface area contributed by atoms with Gasteiger partial charge in [0, 0.05) is 23.9 Å². The molecule has 2 rings (SSSR count). The highest BCUT2D eigenvalue weighted by atomic mass is 79.9. The van der Waals surface area contributed by atoms with E-state index >= 15 is 0 Å². The normalized spacial score (nSPS) is 10.6. The lowest BCUT2D eigenvalue weighted by molar-refractivity contribution is 0.0602. The molecule has 2 heterocycles. The predicted octanol–water partition coefficient (Wildman–Crippen LogP) is 2.12. The van der Waals surface area contributed by atoms with Crippen molar-refractivity contribution in [1.82, 2.24) is 9.55 Å². The van der Waals surface area contributed by atoms with E-state index in [1.165, 1.54) is 7.11 Å². The number of esters is 1. The van der Waals surface area contributed by atoms with Crippen LogP contribution in [0.25, 0.3) is 11.0 Å². The van der Waals surface area contributed by atoms with E-state index in [1.807, 2.05) is 17.7 Å². The quantitative estimate of drug-likeness (QED) is 0.745. The van der Waals surface area contributed by atoms with Crippen LogP contribution in [0.1, 0.15) is 10.4 Å². The number of halogens is 1. The number of ether oxygens (including phenoxy) is 1. The van der Waals surface area contributed by atoms with Crippen LogP contribution in [-0.4, -0.2) is 22.6 Å². The molecular formula is C10H9BrN2O2. The monoisotopic (exact) mass is 268 g/mol. The highest BCUT2D eigenvalue weighted by Gasteiger charge is 2.15. The number of methoxy groups -OCH3 is 1. The first-order chi connectivity index (χ1) is 7.13. The second kappa shape index (κ2) is 3.66. The summed E-state index contributed by atoms with van der Waals surface area (Å²) in [6.45, 7) is 0. The fourth-order valence-corrected chi connectivity index (χ4v) is 1.81. The third-order valence-corrected chi connectivity index (χ3v) is 2.63. The first kappa shape index (κ1) is 10.2. The molecule has 5 heteroatoms. The largest absolute Gasteiger partial charge is 0.465 e. The van der Waals surface area contributed by atoms with E-state index in [4.69, 9.17) is 0 Å². The summed E-state index contributed by atoms with van der Waals surface area (Å²) in [5, 5.41) is 0. The second-order valence-electron chi connectivity index (χ2n) is 3.17. The Bertz CT molecular complexity index is 533. The van der Waals surface area contributed by atoms with Crippen molar-refractivity contribution in [1.29, 1.82) is 0 Å². The lowest BCUT2D eigenvalue weighted by Crippen LogP contribution is -2.00. The fraction of sp³-hybridized carbons (Fsp3) is 0.200. The maximum absolute atomic E-state index is 11.4. The number of carbonyl (C=O) groups excluding carboxylic acids is 1. The van der Waals surface area contributed by atoms with Crippen LogP contribution in [0.2, 0.25) is 0 Å².